The van der Waals surface area contributed by atoms with Gasteiger partial charge in [-0.1, -0.05) is 12.8 Å². The van der Waals surface area contributed by atoms with Gasteiger partial charge in [0.15, 0.2) is 0 Å². The summed E-state index contributed by atoms with van der Waals surface area (Å²) in [6.07, 6.45) is 4.44. The molecule has 2 aliphatic rings. The Morgan fingerprint density at radius 2 is 1.88 bits per heavy atom. The van der Waals surface area contributed by atoms with Gasteiger partial charge in [0.1, 0.15) is 11.7 Å². The molecular formula is C15H18N4O5. The van der Waals surface area contributed by atoms with Crippen molar-refractivity contribution < 1.29 is 14.6 Å². The van der Waals surface area contributed by atoms with Crippen LogP contribution >= 0.6 is 0 Å². The first kappa shape index (κ1) is 16.2. The SMILES string of the molecule is NC(=O)[C@@H]1C[C@@H]2CCCC[C@H]2N1c1ccc([N+](=O)[O-])cc1[N+](=O)[O-]. The quantitative estimate of drug-likeness (QED) is 0.662. The van der Waals surface area contributed by atoms with Crippen molar-refractivity contribution in [2.75, 3.05) is 4.90 Å². The van der Waals surface area contributed by atoms with Gasteiger partial charge in [-0.3, -0.25) is 25.0 Å². The zero-order chi connectivity index (χ0) is 17.4. The number of carbonyl (C=O) groups is 1. The zero-order valence-corrected chi connectivity index (χ0v) is 13.0. The molecule has 0 radical (unpaired) electrons. The maximum atomic E-state index is 11.9. The molecule has 0 aromatic heterocycles. The molecule has 1 aromatic rings. The molecule has 1 aliphatic heterocycles. The maximum absolute atomic E-state index is 11.9. The maximum Gasteiger partial charge on any atom is 0.299 e. The largest absolute Gasteiger partial charge is 0.368 e. The molecule has 128 valence electrons. The normalized spacial score (nSPS) is 26.0. The first-order chi connectivity index (χ1) is 11.4. The Morgan fingerprint density at radius 1 is 1.17 bits per heavy atom. The minimum atomic E-state index is -0.671. The highest BCUT2D eigenvalue weighted by molar-refractivity contribution is 5.86. The van der Waals surface area contributed by atoms with Gasteiger partial charge in [0.25, 0.3) is 11.4 Å². The van der Waals surface area contributed by atoms with E-state index in [0.29, 0.717) is 6.42 Å². The zero-order valence-electron chi connectivity index (χ0n) is 13.0. The molecule has 1 saturated heterocycles. The Balaban J connectivity index is 2.09. The third-order valence-corrected chi connectivity index (χ3v) is 5.06. The fourth-order valence-corrected chi connectivity index (χ4v) is 4.05. The number of non-ortho nitro benzene ring substituents is 1. The first-order valence-corrected chi connectivity index (χ1v) is 7.90. The smallest absolute Gasteiger partial charge is 0.299 e. The number of hydrogen-bond acceptors (Lipinski definition) is 6. The summed E-state index contributed by atoms with van der Waals surface area (Å²) in [4.78, 5) is 34.6. The van der Waals surface area contributed by atoms with Gasteiger partial charge >= 0.3 is 0 Å². The minimum absolute atomic E-state index is 0.0106. The number of primary amides is 1. The van der Waals surface area contributed by atoms with Crippen LogP contribution in [0.4, 0.5) is 17.1 Å². The molecule has 9 nitrogen and oxygen atoms in total. The second kappa shape index (κ2) is 6.06. The molecule has 1 amide bonds. The van der Waals surface area contributed by atoms with E-state index in [4.69, 9.17) is 5.73 Å². The van der Waals surface area contributed by atoms with E-state index in [1.54, 1.807) is 4.90 Å². The molecule has 1 heterocycles. The first-order valence-electron chi connectivity index (χ1n) is 7.90. The van der Waals surface area contributed by atoms with Gasteiger partial charge in [0.2, 0.25) is 5.91 Å². The third-order valence-electron chi connectivity index (χ3n) is 5.06. The number of fused-ring (bicyclic) bond motifs is 1. The van der Waals surface area contributed by atoms with Crippen molar-refractivity contribution in [1.29, 1.82) is 0 Å². The molecule has 0 spiro atoms. The van der Waals surface area contributed by atoms with Crippen LogP contribution in [0.25, 0.3) is 0 Å². The van der Waals surface area contributed by atoms with E-state index in [1.165, 1.54) is 12.1 Å². The molecular weight excluding hydrogens is 316 g/mol. The molecule has 0 unspecified atom stereocenters. The lowest BCUT2D eigenvalue weighted by Gasteiger charge is -2.34. The number of rotatable bonds is 4. The fraction of sp³-hybridized carbons (Fsp3) is 0.533. The van der Waals surface area contributed by atoms with Crippen LogP contribution in [-0.4, -0.2) is 27.8 Å². The van der Waals surface area contributed by atoms with E-state index in [9.17, 15) is 25.0 Å². The highest BCUT2D eigenvalue weighted by Gasteiger charge is 2.46. The van der Waals surface area contributed by atoms with Crippen molar-refractivity contribution in [2.45, 2.75) is 44.2 Å². The molecule has 0 bridgehead atoms. The number of nitro groups is 2. The molecule has 3 rings (SSSR count). The Hall–Kier alpha value is -2.71. The van der Waals surface area contributed by atoms with Crippen LogP contribution in [0.2, 0.25) is 0 Å². The van der Waals surface area contributed by atoms with Crippen LogP contribution < -0.4 is 10.6 Å². The molecule has 3 atom stereocenters. The van der Waals surface area contributed by atoms with Gasteiger partial charge in [-0.15, -0.1) is 0 Å². The lowest BCUT2D eigenvalue weighted by molar-refractivity contribution is -0.393. The van der Waals surface area contributed by atoms with E-state index in [0.717, 1.165) is 31.7 Å². The summed E-state index contributed by atoms with van der Waals surface area (Å²) in [7, 11) is 0. The Bertz CT molecular complexity index is 707. The van der Waals surface area contributed by atoms with Crippen LogP contribution in [0.1, 0.15) is 32.1 Å². The second-order valence-electron chi connectivity index (χ2n) is 6.36. The number of nitrogens with two attached hydrogens (primary N) is 1. The summed E-state index contributed by atoms with van der Waals surface area (Å²) in [6, 6.07) is 2.94. The van der Waals surface area contributed by atoms with E-state index < -0.39 is 21.8 Å². The van der Waals surface area contributed by atoms with Crippen molar-refractivity contribution in [2.24, 2.45) is 11.7 Å². The summed E-state index contributed by atoms with van der Waals surface area (Å²) in [5.74, 6) is -0.247. The average Bonchev–Trinajstić information content (AvgIpc) is 2.93. The van der Waals surface area contributed by atoms with E-state index in [2.05, 4.69) is 0 Å². The van der Waals surface area contributed by atoms with Crippen LogP contribution in [0.5, 0.6) is 0 Å². The van der Waals surface area contributed by atoms with Crippen LogP contribution in [-0.2, 0) is 4.79 Å². The molecule has 2 fully saturated rings. The van der Waals surface area contributed by atoms with Crippen molar-refractivity contribution in [1.82, 2.24) is 0 Å². The number of nitrogens with zero attached hydrogens (tertiary/aromatic N) is 3. The second-order valence-corrected chi connectivity index (χ2v) is 6.36. The summed E-state index contributed by atoms with van der Waals surface area (Å²) in [5.41, 5.74) is 5.06. The lowest BCUT2D eigenvalue weighted by Crippen LogP contribution is -2.45. The fourth-order valence-electron chi connectivity index (χ4n) is 4.05. The molecule has 1 saturated carbocycles. The molecule has 9 heteroatoms. The van der Waals surface area contributed by atoms with Gasteiger partial charge in [-0.2, -0.15) is 0 Å². The lowest BCUT2D eigenvalue weighted by atomic mass is 9.84. The predicted octanol–water partition coefficient (Wildman–Crippen LogP) is 2.13. The standard InChI is InChI=1S/C15H18N4O5/c16-15(20)14-7-9-3-1-2-4-11(9)17(14)12-6-5-10(18(21)22)8-13(12)19(23)24/h5-6,8-9,11,14H,1-4,7H2,(H2,16,20)/t9-,11+,14-/m0/s1. The van der Waals surface area contributed by atoms with Gasteiger partial charge in [0.05, 0.1) is 15.9 Å². The van der Waals surface area contributed by atoms with Gasteiger partial charge in [-0.05, 0) is 31.2 Å². The number of carbonyl (C=O) groups excluding carboxylic acids is 1. The van der Waals surface area contributed by atoms with Gasteiger partial charge < -0.3 is 10.6 Å². The summed E-state index contributed by atoms with van der Waals surface area (Å²) < 4.78 is 0. The van der Waals surface area contributed by atoms with Gasteiger partial charge in [0, 0.05) is 12.1 Å². The minimum Gasteiger partial charge on any atom is -0.368 e. The summed E-state index contributed by atoms with van der Waals surface area (Å²) in [6.45, 7) is 0. The molecule has 2 N–H and O–H groups in total. The van der Waals surface area contributed by atoms with Crippen LogP contribution in [0, 0.1) is 26.1 Å². The number of amides is 1. The average molecular weight is 334 g/mol. The number of anilines is 1. The summed E-state index contributed by atoms with van der Waals surface area (Å²) in [5, 5.41) is 22.3. The summed E-state index contributed by atoms with van der Waals surface area (Å²) >= 11 is 0. The van der Waals surface area contributed by atoms with Crippen molar-refractivity contribution in [3.8, 4) is 0 Å². The number of nitro benzene ring substituents is 2. The third kappa shape index (κ3) is 2.66. The van der Waals surface area contributed by atoms with Crippen molar-refractivity contribution in [3.05, 3.63) is 38.4 Å². The Labute approximate surface area is 137 Å². The van der Waals surface area contributed by atoms with Gasteiger partial charge in [-0.25, -0.2) is 0 Å². The van der Waals surface area contributed by atoms with Crippen LogP contribution in [0.3, 0.4) is 0 Å². The number of hydrogen-bond donors (Lipinski definition) is 1. The van der Waals surface area contributed by atoms with Crippen LogP contribution in [0.15, 0.2) is 18.2 Å². The molecule has 24 heavy (non-hydrogen) atoms. The van der Waals surface area contributed by atoms with E-state index in [1.807, 2.05) is 0 Å². The highest BCUT2D eigenvalue weighted by atomic mass is 16.6. The van der Waals surface area contributed by atoms with Crippen molar-refractivity contribution in [3.63, 3.8) is 0 Å². The number of benzene rings is 1. The monoisotopic (exact) mass is 334 g/mol. The Morgan fingerprint density at radius 3 is 2.50 bits per heavy atom. The van der Waals surface area contributed by atoms with E-state index >= 15 is 0 Å². The van der Waals surface area contributed by atoms with E-state index in [-0.39, 0.29) is 29.0 Å². The molecule has 1 aliphatic carbocycles. The highest BCUT2D eigenvalue weighted by Crippen LogP contribution is 2.45. The predicted molar refractivity (Wildman–Crippen MR) is 85.6 cm³/mol. The van der Waals surface area contributed by atoms with Crippen molar-refractivity contribution >= 4 is 23.0 Å². The molecule has 1 aromatic carbocycles. The topological polar surface area (TPSA) is 133 Å². The Kier molecular flexibility index (Phi) is 4.08.